The number of nitrogens with one attached hydrogen (secondary N) is 2. The molecule has 0 saturated heterocycles. The van der Waals surface area contributed by atoms with Crippen molar-refractivity contribution in [3.05, 3.63) is 66.4 Å². The molecule has 30 heavy (non-hydrogen) atoms. The summed E-state index contributed by atoms with van der Waals surface area (Å²) < 4.78 is 40.4. The van der Waals surface area contributed by atoms with Crippen molar-refractivity contribution >= 4 is 23.4 Å². The molecule has 2 amide bonds. The number of halogens is 3. The summed E-state index contributed by atoms with van der Waals surface area (Å²) in [6.07, 6.45) is -2.31. The van der Waals surface area contributed by atoms with Crippen LogP contribution in [0.25, 0.3) is 11.3 Å². The summed E-state index contributed by atoms with van der Waals surface area (Å²) in [6, 6.07) is 13.1. The molecule has 3 aromatic rings. The molecule has 0 bridgehead atoms. The van der Waals surface area contributed by atoms with Crippen molar-refractivity contribution in [3.63, 3.8) is 0 Å². The summed E-state index contributed by atoms with van der Waals surface area (Å²) in [5, 5.41) is 5.88. The molecule has 1 aliphatic heterocycles. The number of anilines is 3. The molecule has 9 heteroatoms. The summed E-state index contributed by atoms with van der Waals surface area (Å²) in [5.74, 6) is 0.648. The largest absolute Gasteiger partial charge is 0.417 e. The van der Waals surface area contributed by atoms with Crippen LogP contribution in [0.1, 0.15) is 12.0 Å². The van der Waals surface area contributed by atoms with Gasteiger partial charge < -0.3 is 5.32 Å². The number of amides is 2. The van der Waals surface area contributed by atoms with E-state index < -0.39 is 17.8 Å². The number of fused-ring (bicyclic) bond motifs is 1. The van der Waals surface area contributed by atoms with Crippen molar-refractivity contribution in [2.45, 2.75) is 12.6 Å². The fraction of sp³-hybridized carbons (Fsp3) is 0.190. The minimum Gasteiger partial charge on any atom is -0.382 e. The Hall–Kier alpha value is -3.62. The van der Waals surface area contributed by atoms with Gasteiger partial charge >= 0.3 is 12.2 Å². The molecule has 0 aliphatic carbocycles. The van der Waals surface area contributed by atoms with Crippen LogP contribution >= 0.6 is 0 Å². The number of alkyl halides is 3. The van der Waals surface area contributed by atoms with Gasteiger partial charge in [0.15, 0.2) is 5.82 Å². The Morgan fingerprint density at radius 1 is 1.07 bits per heavy atom. The molecule has 0 unspecified atom stereocenters. The Bertz CT molecular complexity index is 1060. The first-order chi connectivity index (χ1) is 14.4. The number of hydrogen-bond acceptors (Lipinski definition) is 4. The van der Waals surface area contributed by atoms with E-state index in [1.807, 2.05) is 0 Å². The zero-order valence-corrected chi connectivity index (χ0v) is 15.8. The lowest BCUT2D eigenvalue weighted by molar-refractivity contribution is -0.137. The molecule has 2 N–H and O–H groups in total. The summed E-state index contributed by atoms with van der Waals surface area (Å²) in [6.45, 7) is 0.969. The highest BCUT2D eigenvalue weighted by Gasteiger charge is 2.34. The maximum absolute atomic E-state index is 13.5. The Morgan fingerprint density at radius 3 is 2.63 bits per heavy atom. The normalized spacial score (nSPS) is 13.8. The molecule has 0 fully saturated rings. The van der Waals surface area contributed by atoms with Crippen molar-refractivity contribution < 1.29 is 18.0 Å². The van der Waals surface area contributed by atoms with E-state index in [0.29, 0.717) is 31.0 Å². The quantitative estimate of drug-likeness (QED) is 0.619. The summed E-state index contributed by atoms with van der Waals surface area (Å²) in [5.41, 5.74) is -0.0939. The van der Waals surface area contributed by atoms with Crippen molar-refractivity contribution in [2.24, 2.45) is 0 Å². The van der Waals surface area contributed by atoms with Crippen LogP contribution in [0, 0.1) is 0 Å². The van der Waals surface area contributed by atoms with Crippen LogP contribution in [0.15, 0.2) is 60.8 Å². The SMILES string of the molecule is O=C(Nc1ccccn1)N1CCCNc2ccc(-c3ccccc3C(F)(F)F)nc21. The Morgan fingerprint density at radius 2 is 1.87 bits per heavy atom. The van der Waals surface area contributed by atoms with E-state index in [9.17, 15) is 18.0 Å². The fourth-order valence-corrected chi connectivity index (χ4v) is 3.27. The predicted molar refractivity (Wildman–Crippen MR) is 108 cm³/mol. The standard InChI is InChI=1S/C21H18F3N5O/c22-21(23,24)15-7-2-1-6-14(15)16-9-10-17-19(27-16)29(13-5-12-25-17)20(30)28-18-8-3-4-11-26-18/h1-4,6-11,25H,5,12-13H2,(H,26,28,30). The van der Waals surface area contributed by atoms with Gasteiger partial charge in [0.25, 0.3) is 0 Å². The predicted octanol–water partition coefficient (Wildman–Crippen LogP) is 5.02. The molecular weight excluding hydrogens is 395 g/mol. The molecule has 1 aliphatic rings. The highest BCUT2D eigenvalue weighted by molar-refractivity contribution is 6.02. The zero-order valence-electron chi connectivity index (χ0n) is 15.8. The number of benzene rings is 1. The van der Waals surface area contributed by atoms with E-state index in [4.69, 9.17) is 0 Å². The number of pyridine rings is 2. The van der Waals surface area contributed by atoms with Gasteiger partial charge in [-0.3, -0.25) is 10.2 Å². The van der Waals surface area contributed by atoms with Gasteiger partial charge in [0.1, 0.15) is 5.82 Å². The Balaban J connectivity index is 1.73. The van der Waals surface area contributed by atoms with Crippen molar-refractivity contribution in [2.75, 3.05) is 28.6 Å². The monoisotopic (exact) mass is 413 g/mol. The molecular formula is C21H18F3N5O. The van der Waals surface area contributed by atoms with Gasteiger partial charge in [-0.05, 0) is 36.8 Å². The fourth-order valence-electron chi connectivity index (χ4n) is 3.27. The second-order valence-electron chi connectivity index (χ2n) is 6.69. The van der Waals surface area contributed by atoms with Gasteiger partial charge in [-0.15, -0.1) is 0 Å². The summed E-state index contributed by atoms with van der Waals surface area (Å²) in [7, 11) is 0. The van der Waals surface area contributed by atoms with Crippen molar-refractivity contribution in [1.82, 2.24) is 9.97 Å². The first-order valence-electron chi connectivity index (χ1n) is 9.34. The number of aromatic nitrogens is 2. The van der Waals surface area contributed by atoms with Crippen LogP contribution in [0.2, 0.25) is 0 Å². The van der Waals surface area contributed by atoms with Gasteiger partial charge in [0.2, 0.25) is 0 Å². The van der Waals surface area contributed by atoms with Gasteiger partial charge in [0, 0.05) is 24.8 Å². The maximum atomic E-state index is 13.5. The Kier molecular flexibility index (Phi) is 5.26. The molecule has 1 aromatic carbocycles. The minimum absolute atomic E-state index is 0.0397. The van der Waals surface area contributed by atoms with Crippen LogP contribution in [-0.4, -0.2) is 29.1 Å². The highest BCUT2D eigenvalue weighted by atomic mass is 19.4. The molecule has 0 saturated carbocycles. The highest BCUT2D eigenvalue weighted by Crippen LogP contribution is 2.38. The van der Waals surface area contributed by atoms with E-state index in [1.165, 1.54) is 29.2 Å². The lowest BCUT2D eigenvalue weighted by atomic mass is 10.0. The molecule has 0 radical (unpaired) electrons. The maximum Gasteiger partial charge on any atom is 0.417 e. The number of carbonyl (C=O) groups excluding carboxylic acids is 1. The van der Waals surface area contributed by atoms with Crippen LogP contribution in [0.4, 0.5) is 35.3 Å². The third-order valence-electron chi connectivity index (χ3n) is 4.66. The minimum atomic E-state index is -4.51. The van der Waals surface area contributed by atoms with E-state index in [1.54, 1.807) is 30.5 Å². The summed E-state index contributed by atoms with van der Waals surface area (Å²) in [4.78, 5) is 22.8. The lowest BCUT2D eigenvalue weighted by Crippen LogP contribution is -2.36. The summed E-state index contributed by atoms with van der Waals surface area (Å²) >= 11 is 0. The third-order valence-corrected chi connectivity index (χ3v) is 4.66. The second-order valence-corrected chi connectivity index (χ2v) is 6.69. The first kappa shape index (κ1) is 19.7. The van der Waals surface area contributed by atoms with Crippen LogP contribution < -0.4 is 15.5 Å². The Labute approximate surface area is 170 Å². The molecule has 0 atom stereocenters. The molecule has 4 rings (SSSR count). The average molecular weight is 413 g/mol. The van der Waals surface area contributed by atoms with E-state index in [2.05, 4.69) is 20.6 Å². The second kappa shape index (κ2) is 8.02. The zero-order chi connectivity index (χ0) is 21.1. The van der Waals surface area contributed by atoms with E-state index >= 15 is 0 Å². The van der Waals surface area contributed by atoms with Crippen LogP contribution in [-0.2, 0) is 6.18 Å². The van der Waals surface area contributed by atoms with Crippen molar-refractivity contribution in [1.29, 1.82) is 0 Å². The van der Waals surface area contributed by atoms with Gasteiger partial charge in [-0.1, -0.05) is 24.3 Å². The van der Waals surface area contributed by atoms with Crippen molar-refractivity contribution in [3.8, 4) is 11.3 Å². The van der Waals surface area contributed by atoms with E-state index in [-0.39, 0.29) is 17.1 Å². The number of rotatable bonds is 2. The molecule has 154 valence electrons. The lowest BCUT2D eigenvalue weighted by Gasteiger charge is -2.22. The number of urea groups is 1. The van der Waals surface area contributed by atoms with Gasteiger partial charge in [0.05, 0.1) is 16.9 Å². The first-order valence-corrected chi connectivity index (χ1v) is 9.34. The molecule has 2 aromatic heterocycles. The molecule has 3 heterocycles. The molecule has 0 spiro atoms. The smallest absolute Gasteiger partial charge is 0.382 e. The number of nitrogens with zero attached hydrogens (tertiary/aromatic N) is 3. The molecule has 6 nitrogen and oxygen atoms in total. The van der Waals surface area contributed by atoms with Gasteiger partial charge in [-0.2, -0.15) is 13.2 Å². The average Bonchev–Trinajstić information content (AvgIpc) is 2.96. The third kappa shape index (κ3) is 4.05. The van der Waals surface area contributed by atoms with Crippen LogP contribution in [0.3, 0.4) is 0 Å². The van der Waals surface area contributed by atoms with Gasteiger partial charge in [-0.25, -0.2) is 14.8 Å². The van der Waals surface area contributed by atoms with Crippen LogP contribution in [0.5, 0.6) is 0 Å². The number of carbonyl (C=O) groups is 1. The van der Waals surface area contributed by atoms with E-state index in [0.717, 1.165) is 6.07 Å². The number of hydrogen-bond donors (Lipinski definition) is 2. The topological polar surface area (TPSA) is 70.2 Å².